The van der Waals surface area contributed by atoms with Crippen molar-refractivity contribution in [1.29, 1.82) is 0 Å². The van der Waals surface area contributed by atoms with Crippen molar-refractivity contribution in [3.05, 3.63) is 0 Å². The SMILES string of the molecule is CCN(CC)CCCN(CC)C1(CN)CCCC(C)(C)C1. The highest BCUT2D eigenvalue weighted by Gasteiger charge is 2.42. The minimum atomic E-state index is 0.250. The molecule has 1 fully saturated rings. The molecule has 21 heavy (non-hydrogen) atoms. The van der Waals surface area contributed by atoms with Crippen molar-refractivity contribution in [3.8, 4) is 0 Å². The molecule has 0 bridgehead atoms. The van der Waals surface area contributed by atoms with Crippen LogP contribution in [0.2, 0.25) is 0 Å². The summed E-state index contributed by atoms with van der Waals surface area (Å²) in [5, 5.41) is 0. The molecule has 1 unspecified atom stereocenters. The van der Waals surface area contributed by atoms with Gasteiger partial charge in [-0.3, -0.25) is 4.90 Å². The first-order valence-electron chi connectivity index (χ1n) is 9.10. The van der Waals surface area contributed by atoms with Crippen molar-refractivity contribution in [2.45, 2.75) is 72.3 Å². The van der Waals surface area contributed by atoms with E-state index in [2.05, 4.69) is 44.4 Å². The Morgan fingerprint density at radius 1 is 0.952 bits per heavy atom. The predicted octanol–water partition coefficient (Wildman–Crippen LogP) is 3.34. The summed E-state index contributed by atoms with van der Waals surface area (Å²) in [6, 6.07) is 0. The molecule has 3 nitrogen and oxygen atoms in total. The second kappa shape index (κ2) is 8.50. The third-order valence-electron chi connectivity index (χ3n) is 5.53. The maximum atomic E-state index is 6.27. The molecule has 0 heterocycles. The summed E-state index contributed by atoms with van der Waals surface area (Å²) in [5.41, 5.74) is 6.97. The molecule has 1 aliphatic rings. The van der Waals surface area contributed by atoms with E-state index in [0.717, 1.165) is 26.2 Å². The van der Waals surface area contributed by atoms with Gasteiger partial charge in [0, 0.05) is 12.1 Å². The number of nitrogens with two attached hydrogens (primary N) is 1. The number of rotatable bonds is 9. The second-order valence-electron chi connectivity index (χ2n) is 7.58. The van der Waals surface area contributed by atoms with E-state index in [1.807, 2.05) is 0 Å². The zero-order valence-corrected chi connectivity index (χ0v) is 15.2. The van der Waals surface area contributed by atoms with Crippen molar-refractivity contribution < 1.29 is 0 Å². The van der Waals surface area contributed by atoms with E-state index in [0.29, 0.717) is 5.41 Å². The molecule has 2 N–H and O–H groups in total. The van der Waals surface area contributed by atoms with E-state index < -0.39 is 0 Å². The minimum absolute atomic E-state index is 0.250. The molecule has 0 aromatic carbocycles. The van der Waals surface area contributed by atoms with E-state index in [9.17, 15) is 0 Å². The van der Waals surface area contributed by atoms with Crippen LogP contribution < -0.4 is 5.73 Å². The summed E-state index contributed by atoms with van der Waals surface area (Å²) in [7, 11) is 0. The highest BCUT2D eigenvalue weighted by atomic mass is 15.2. The lowest BCUT2D eigenvalue weighted by molar-refractivity contribution is 0.0109. The van der Waals surface area contributed by atoms with Gasteiger partial charge in [-0.15, -0.1) is 0 Å². The summed E-state index contributed by atoms with van der Waals surface area (Å²) in [6.45, 7) is 18.3. The number of nitrogens with zero attached hydrogens (tertiary/aromatic N) is 2. The number of hydrogen-bond acceptors (Lipinski definition) is 3. The van der Waals surface area contributed by atoms with Gasteiger partial charge in [-0.05, 0) is 63.8 Å². The first kappa shape index (κ1) is 18.9. The Hall–Kier alpha value is -0.120. The summed E-state index contributed by atoms with van der Waals surface area (Å²) >= 11 is 0. The lowest BCUT2D eigenvalue weighted by Crippen LogP contribution is -2.58. The van der Waals surface area contributed by atoms with Crippen LogP contribution in [-0.2, 0) is 0 Å². The smallest absolute Gasteiger partial charge is 0.0336 e. The van der Waals surface area contributed by atoms with Crippen LogP contribution in [0, 0.1) is 5.41 Å². The maximum Gasteiger partial charge on any atom is 0.0336 e. The fourth-order valence-electron chi connectivity index (χ4n) is 4.29. The Balaban J connectivity index is 2.63. The molecule has 0 amide bonds. The molecule has 1 atom stereocenters. The molecule has 0 radical (unpaired) electrons. The van der Waals surface area contributed by atoms with E-state index in [4.69, 9.17) is 5.73 Å². The molecular weight excluding hydrogens is 258 g/mol. The molecule has 0 spiro atoms. The molecule has 3 heteroatoms. The van der Waals surface area contributed by atoms with Crippen LogP contribution in [-0.4, -0.2) is 54.6 Å². The molecule has 0 aliphatic heterocycles. The fourth-order valence-corrected chi connectivity index (χ4v) is 4.29. The first-order chi connectivity index (χ1) is 9.93. The maximum absolute atomic E-state index is 6.27. The third kappa shape index (κ3) is 5.22. The van der Waals surface area contributed by atoms with Gasteiger partial charge in [0.1, 0.15) is 0 Å². The average Bonchev–Trinajstić information content (AvgIpc) is 2.46. The van der Waals surface area contributed by atoms with Gasteiger partial charge < -0.3 is 10.6 Å². The van der Waals surface area contributed by atoms with Gasteiger partial charge in [0.05, 0.1) is 0 Å². The second-order valence-corrected chi connectivity index (χ2v) is 7.58. The molecule has 0 aromatic heterocycles. The first-order valence-corrected chi connectivity index (χ1v) is 9.10. The summed E-state index contributed by atoms with van der Waals surface area (Å²) in [4.78, 5) is 5.21. The van der Waals surface area contributed by atoms with Crippen LogP contribution in [0.3, 0.4) is 0 Å². The van der Waals surface area contributed by atoms with Gasteiger partial charge in [-0.2, -0.15) is 0 Å². The monoisotopic (exact) mass is 297 g/mol. The van der Waals surface area contributed by atoms with Gasteiger partial charge in [0.15, 0.2) is 0 Å². The van der Waals surface area contributed by atoms with Crippen molar-refractivity contribution in [2.75, 3.05) is 39.3 Å². The molecule has 1 rings (SSSR count). The number of hydrogen-bond donors (Lipinski definition) is 1. The van der Waals surface area contributed by atoms with Crippen molar-refractivity contribution in [3.63, 3.8) is 0 Å². The van der Waals surface area contributed by atoms with Crippen molar-refractivity contribution in [1.82, 2.24) is 9.80 Å². The summed E-state index contributed by atoms with van der Waals surface area (Å²) in [5.74, 6) is 0. The predicted molar refractivity (Wildman–Crippen MR) is 93.7 cm³/mol. The standard InChI is InChI=1S/C18H39N3/c1-6-20(7-2)13-10-14-21(8-3)18(16-19)12-9-11-17(4,5)15-18/h6-16,19H2,1-5H3. The van der Waals surface area contributed by atoms with E-state index >= 15 is 0 Å². The lowest BCUT2D eigenvalue weighted by atomic mass is 9.67. The number of likely N-dealkylation sites (N-methyl/N-ethyl adjacent to an activating group) is 1. The quantitative estimate of drug-likeness (QED) is 0.708. The third-order valence-corrected chi connectivity index (χ3v) is 5.53. The summed E-state index contributed by atoms with van der Waals surface area (Å²) < 4.78 is 0. The van der Waals surface area contributed by atoms with E-state index in [1.165, 1.54) is 45.2 Å². The van der Waals surface area contributed by atoms with Crippen LogP contribution in [0.1, 0.15) is 66.7 Å². The minimum Gasteiger partial charge on any atom is -0.329 e. The topological polar surface area (TPSA) is 32.5 Å². The van der Waals surface area contributed by atoms with Crippen LogP contribution >= 0.6 is 0 Å². The molecule has 126 valence electrons. The van der Waals surface area contributed by atoms with Crippen molar-refractivity contribution in [2.24, 2.45) is 11.1 Å². The van der Waals surface area contributed by atoms with E-state index in [-0.39, 0.29) is 5.54 Å². The molecule has 1 aliphatic carbocycles. The lowest BCUT2D eigenvalue weighted by Gasteiger charge is -2.51. The Labute approximate surface area is 133 Å². The highest BCUT2D eigenvalue weighted by molar-refractivity contribution is 4.99. The normalized spacial score (nSPS) is 25.7. The van der Waals surface area contributed by atoms with Gasteiger partial charge in [-0.1, -0.05) is 41.0 Å². The van der Waals surface area contributed by atoms with Gasteiger partial charge in [0.25, 0.3) is 0 Å². The molecule has 0 saturated heterocycles. The highest BCUT2D eigenvalue weighted by Crippen LogP contribution is 2.43. The zero-order valence-electron chi connectivity index (χ0n) is 15.2. The zero-order chi connectivity index (χ0) is 15.9. The fraction of sp³-hybridized carbons (Fsp3) is 1.00. The van der Waals surface area contributed by atoms with Crippen LogP contribution in [0.4, 0.5) is 0 Å². The Morgan fingerprint density at radius 3 is 2.10 bits per heavy atom. The largest absolute Gasteiger partial charge is 0.329 e. The van der Waals surface area contributed by atoms with Crippen LogP contribution in [0.5, 0.6) is 0 Å². The van der Waals surface area contributed by atoms with E-state index in [1.54, 1.807) is 0 Å². The van der Waals surface area contributed by atoms with Gasteiger partial charge in [-0.25, -0.2) is 0 Å². The Morgan fingerprint density at radius 2 is 1.62 bits per heavy atom. The summed E-state index contributed by atoms with van der Waals surface area (Å²) in [6.07, 6.45) is 6.49. The van der Waals surface area contributed by atoms with Crippen LogP contribution in [0.15, 0.2) is 0 Å². The van der Waals surface area contributed by atoms with Gasteiger partial charge >= 0.3 is 0 Å². The molecular formula is C18H39N3. The van der Waals surface area contributed by atoms with Crippen molar-refractivity contribution >= 4 is 0 Å². The van der Waals surface area contributed by atoms with Crippen LogP contribution in [0.25, 0.3) is 0 Å². The molecule has 0 aromatic rings. The average molecular weight is 298 g/mol. The molecule has 1 saturated carbocycles. The van der Waals surface area contributed by atoms with Gasteiger partial charge in [0.2, 0.25) is 0 Å². The Kier molecular flexibility index (Phi) is 7.66. The Bertz CT molecular complexity index is 286.